The third-order valence-electron chi connectivity index (χ3n) is 5.32. The molecule has 0 amide bonds. The Hall–Kier alpha value is -3.75. The summed E-state index contributed by atoms with van der Waals surface area (Å²) in [4.78, 5) is 4.59. The van der Waals surface area contributed by atoms with Gasteiger partial charge in [0.25, 0.3) is 0 Å². The molecule has 0 aliphatic rings. The Bertz CT molecular complexity index is 1600. The number of nitrogens with one attached hydrogen (secondary N) is 1. The molecule has 4 heterocycles. The molecule has 156 valence electrons. The number of fused-ring (bicyclic) bond motifs is 2. The third-order valence-corrected chi connectivity index (χ3v) is 5.90. The van der Waals surface area contributed by atoms with Gasteiger partial charge in [0.1, 0.15) is 5.52 Å². The second-order valence-corrected chi connectivity index (χ2v) is 8.15. The number of hydrogen-bond donors (Lipinski definition) is 1. The second-order valence-electron chi connectivity index (χ2n) is 7.31. The van der Waals surface area contributed by atoms with E-state index in [1.807, 2.05) is 47.1 Å². The van der Waals surface area contributed by atoms with Gasteiger partial charge >= 0.3 is 0 Å². The van der Waals surface area contributed by atoms with Crippen molar-refractivity contribution in [3.63, 3.8) is 0 Å². The van der Waals surface area contributed by atoms with Crippen LogP contribution in [-0.2, 0) is 6.54 Å². The van der Waals surface area contributed by atoms with E-state index in [9.17, 15) is 0 Å². The first-order valence-electron chi connectivity index (χ1n) is 9.77. The van der Waals surface area contributed by atoms with Crippen LogP contribution in [0.3, 0.4) is 0 Å². The van der Waals surface area contributed by atoms with Crippen LogP contribution < -0.4 is 0 Å². The maximum Gasteiger partial charge on any atom is 0.131 e. The third kappa shape index (κ3) is 3.21. The van der Waals surface area contributed by atoms with Gasteiger partial charge in [0.15, 0.2) is 0 Å². The van der Waals surface area contributed by atoms with Crippen molar-refractivity contribution in [3.05, 3.63) is 82.7 Å². The van der Waals surface area contributed by atoms with E-state index >= 15 is 0 Å². The van der Waals surface area contributed by atoms with E-state index in [0.717, 1.165) is 39.1 Å². The van der Waals surface area contributed by atoms with E-state index in [0.29, 0.717) is 22.1 Å². The van der Waals surface area contributed by atoms with Crippen LogP contribution in [0, 0.1) is 0 Å². The highest BCUT2D eigenvalue weighted by atomic mass is 35.5. The normalized spacial score (nSPS) is 11.6. The summed E-state index contributed by atoms with van der Waals surface area (Å²) < 4.78 is 3.64. The summed E-state index contributed by atoms with van der Waals surface area (Å²) in [6.45, 7) is 0.492. The average Bonchev–Trinajstić information content (AvgIpc) is 3.54. The van der Waals surface area contributed by atoms with Crippen molar-refractivity contribution < 1.29 is 0 Å². The summed E-state index contributed by atoms with van der Waals surface area (Å²) >= 11 is 12.4. The summed E-state index contributed by atoms with van der Waals surface area (Å²) in [6, 6.07) is 15.3. The number of halogens is 2. The predicted octanol–water partition coefficient (Wildman–Crippen LogP) is 4.91. The van der Waals surface area contributed by atoms with E-state index in [4.69, 9.17) is 23.2 Å². The first kappa shape index (κ1) is 19.0. The molecule has 0 atom stereocenters. The van der Waals surface area contributed by atoms with Gasteiger partial charge in [0.2, 0.25) is 0 Å². The van der Waals surface area contributed by atoms with E-state index in [1.165, 1.54) is 0 Å². The zero-order chi connectivity index (χ0) is 21.7. The molecule has 6 rings (SSSR count). The topological polar surface area (TPSA) is 90.1 Å². The number of rotatable bonds is 4. The minimum absolute atomic E-state index is 0.492. The number of H-pyrrole nitrogens is 1. The molecule has 1 N–H and O–H groups in total. The molecule has 0 aliphatic carbocycles. The summed E-state index contributed by atoms with van der Waals surface area (Å²) in [7, 11) is 0. The van der Waals surface area contributed by atoms with Crippen molar-refractivity contribution in [3.8, 4) is 17.1 Å². The second kappa shape index (κ2) is 7.44. The van der Waals surface area contributed by atoms with Crippen LogP contribution in [-0.4, -0.2) is 40.0 Å². The van der Waals surface area contributed by atoms with Crippen LogP contribution in [0.15, 0.2) is 67.1 Å². The lowest BCUT2D eigenvalue weighted by molar-refractivity contribution is 0.693. The lowest BCUT2D eigenvalue weighted by Gasteiger charge is -2.09. The Morgan fingerprint density at radius 3 is 2.81 bits per heavy atom. The summed E-state index contributed by atoms with van der Waals surface area (Å²) in [6.07, 6.45) is 5.25. The summed E-state index contributed by atoms with van der Waals surface area (Å²) in [5.74, 6) is 0. The molecule has 6 aromatic rings. The highest BCUT2D eigenvalue weighted by Gasteiger charge is 2.14. The highest BCUT2D eigenvalue weighted by Crippen LogP contribution is 2.26. The molecule has 0 aliphatic heterocycles. The molecule has 32 heavy (non-hydrogen) atoms. The maximum absolute atomic E-state index is 6.36. The summed E-state index contributed by atoms with van der Waals surface area (Å²) in [5.41, 5.74) is 5.88. The van der Waals surface area contributed by atoms with Crippen molar-refractivity contribution >= 4 is 45.1 Å². The van der Waals surface area contributed by atoms with Gasteiger partial charge in [-0.25, -0.2) is 4.68 Å². The fourth-order valence-corrected chi connectivity index (χ4v) is 4.17. The number of aromatic nitrogens is 8. The lowest BCUT2D eigenvalue weighted by atomic mass is 10.2. The zero-order valence-electron chi connectivity index (χ0n) is 16.4. The number of aromatic amines is 1. The van der Waals surface area contributed by atoms with Gasteiger partial charge in [-0.1, -0.05) is 34.5 Å². The van der Waals surface area contributed by atoms with Gasteiger partial charge in [0, 0.05) is 21.6 Å². The molecule has 0 bridgehead atoms. The molecule has 10 heteroatoms. The van der Waals surface area contributed by atoms with Gasteiger partial charge in [-0.15, -0.1) is 5.10 Å². The Labute approximate surface area is 191 Å². The quantitative estimate of drug-likeness (QED) is 0.403. The van der Waals surface area contributed by atoms with Gasteiger partial charge < -0.3 is 0 Å². The maximum atomic E-state index is 6.36. The van der Waals surface area contributed by atoms with Gasteiger partial charge in [-0.2, -0.15) is 10.2 Å². The van der Waals surface area contributed by atoms with E-state index in [2.05, 4.69) is 30.6 Å². The predicted molar refractivity (Wildman–Crippen MR) is 123 cm³/mol. The first-order valence-corrected chi connectivity index (χ1v) is 10.5. The molecule has 0 spiro atoms. The Morgan fingerprint density at radius 2 is 1.91 bits per heavy atom. The lowest BCUT2D eigenvalue weighted by Crippen LogP contribution is -2.05. The molecule has 0 fully saturated rings. The zero-order valence-corrected chi connectivity index (χ0v) is 18.0. The molecular weight excluding hydrogens is 447 g/mol. The number of hydrogen-bond acceptors (Lipinski definition) is 5. The van der Waals surface area contributed by atoms with Crippen LogP contribution in [0.2, 0.25) is 10.0 Å². The van der Waals surface area contributed by atoms with Crippen molar-refractivity contribution in [1.29, 1.82) is 0 Å². The summed E-state index contributed by atoms with van der Waals surface area (Å²) in [5, 5.41) is 22.4. The first-order chi connectivity index (χ1) is 15.7. The number of pyridine rings is 1. The van der Waals surface area contributed by atoms with Crippen LogP contribution in [0.4, 0.5) is 0 Å². The highest BCUT2D eigenvalue weighted by molar-refractivity contribution is 6.35. The molecule has 0 saturated carbocycles. The monoisotopic (exact) mass is 460 g/mol. The number of nitrogens with zero attached hydrogens (tertiary/aromatic N) is 7. The Kier molecular flexibility index (Phi) is 4.41. The molecule has 2 aromatic carbocycles. The van der Waals surface area contributed by atoms with Crippen LogP contribution >= 0.6 is 23.2 Å². The van der Waals surface area contributed by atoms with Crippen molar-refractivity contribution in [2.24, 2.45) is 0 Å². The molecule has 0 saturated heterocycles. The van der Waals surface area contributed by atoms with Gasteiger partial charge in [0.05, 0.1) is 47.0 Å². The standard InChI is InChI=1S/C22H14Cl2N8/c23-15-3-1-14(17(24)7-15)12-31-21(5-6-27-31)19-9-22-20(11-25-19)29-30-32(22)16-4-2-13-10-26-28-18(13)8-16/h1-11H,12H2,(H,26,28). The Balaban J connectivity index is 1.42. The molecule has 8 nitrogen and oxygen atoms in total. The van der Waals surface area contributed by atoms with Crippen molar-refractivity contribution in [2.45, 2.75) is 6.54 Å². The molecule has 4 aromatic heterocycles. The van der Waals surface area contributed by atoms with Crippen LogP contribution in [0.25, 0.3) is 39.0 Å². The smallest absolute Gasteiger partial charge is 0.131 e. The van der Waals surface area contributed by atoms with Gasteiger partial charge in [-0.05, 0) is 48.0 Å². The van der Waals surface area contributed by atoms with Crippen LogP contribution in [0.5, 0.6) is 0 Å². The largest absolute Gasteiger partial charge is 0.278 e. The molecular formula is C22H14Cl2N8. The molecule has 0 unspecified atom stereocenters. The Morgan fingerprint density at radius 1 is 0.969 bits per heavy atom. The minimum Gasteiger partial charge on any atom is -0.278 e. The number of benzene rings is 2. The van der Waals surface area contributed by atoms with E-state index < -0.39 is 0 Å². The fraction of sp³-hybridized carbons (Fsp3) is 0.0455. The van der Waals surface area contributed by atoms with Gasteiger partial charge in [-0.3, -0.25) is 14.8 Å². The average molecular weight is 461 g/mol. The fourth-order valence-electron chi connectivity index (χ4n) is 3.70. The minimum atomic E-state index is 0.492. The van der Waals surface area contributed by atoms with Crippen LogP contribution in [0.1, 0.15) is 5.56 Å². The van der Waals surface area contributed by atoms with Crippen molar-refractivity contribution in [2.75, 3.05) is 0 Å². The van der Waals surface area contributed by atoms with E-state index in [-0.39, 0.29) is 0 Å². The van der Waals surface area contributed by atoms with Crippen molar-refractivity contribution in [1.82, 2.24) is 40.0 Å². The SMILES string of the molecule is Clc1ccc(Cn2nccc2-c2cc3c(cn2)nnn3-c2ccc3cn[nH]c3c2)c(Cl)c1. The van der Waals surface area contributed by atoms with E-state index in [1.54, 1.807) is 29.3 Å². The molecule has 0 radical (unpaired) electrons.